The van der Waals surface area contributed by atoms with Gasteiger partial charge in [-0.2, -0.15) is 5.10 Å². The van der Waals surface area contributed by atoms with Crippen molar-refractivity contribution in [3.05, 3.63) is 12.4 Å². The Morgan fingerprint density at radius 1 is 1.48 bits per heavy atom. The Balaban J connectivity index is 2.01. The molecule has 7 nitrogen and oxygen atoms in total. The Hall–Kier alpha value is -1.89. The summed E-state index contributed by atoms with van der Waals surface area (Å²) in [6, 6.07) is 0.102. The van der Waals surface area contributed by atoms with Gasteiger partial charge in [0.05, 0.1) is 18.5 Å². The van der Waals surface area contributed by atoms with Gasteiger partial charge in [0.25, 0.3) is 0 Å². The minimum Gasteiger partial charge on any atom is -0.464 e. The van der Waals surface area contributed by atoms with Gasteiger partial charge >= 0.3 is 5.97 Å². The molecule has 1 fully saturated rings. The third-order valence-corrected chi connectivity index (χ3v) is 4.28. The number of aromatic nitrogens is 2. The van der Waals surface area contributed by atoms with Crippen molar-refractivity contribution in [2.45, 2.75) is 58.0 Å². The van der Waals surface area contributed by atoms with E-state index in [1.54, 1.807) is 33.2 Å². The summed E-state index contributed by atoms with van der Waals surface area (Å²) in [5.41, 5.74) is 5.58. The van der Waals surface area contributed by atoms with Gasteiger partial charge < -0.3 is 15.8 Å². The highest BCUT2D eigenvalue weighted by Crippen LogP contribution is 2.25. The molecule has 1 aliphatic rings. The smallest absolute Gasteiger partial charge is 0.333 e. The van der Waals surface area contributed by atoms with E-state index >= 15 is 0 Å². The van der Waals surface area contributed by atoms with E-state index in [0.29, 0.717) is 18.7 Å². The van der Waals surface area contributed by atoms with Gasteiger partial charge in [-0.1, -0.05) is 6.42 Å². The second-order valence-corrected chi connectivity index (χ2v) is 6.57. The Bertz CT molecular complexity index is 567. The number of amides is 1. The molecule has 7 heteroatoms. The molecule has 2 rings (SSSR count). The highest BCUT2D eigenvalue weighted by atomic mass is 16.5. The summed E-state index contributed by atoms with van der Waals surface area (Å²) in [7, 11) is 0. The van der Waals surface area contributed by atoms with Crippen molar-refractivity contribution >= 4 is 17.6 Å². The first-order chi connectivity index (χ1) is 10.8. The van der Waals surface area contributed by atoms with Crippen LogP contribution in [0.1, 0.15) is 46.5 Å². The molecule has 0 saturated heterocycles. The lowest BCUT2D eigenvalue weighted by atomic mass is 9.85. The van der Waals surface area contributed by atoms with Crippen LogP contribution in [0.2, 0.25) is 0 Å². The van der Waals surface area contributed by atoms with Gasteiger partial charge in [-0.15, -0.1) is 0 Å². The number of hydrogen-bond donors (Lipinski definition) is 2. The van der Waals surface area contributed by atoms with Gasteiger partial charge in [-0.3, -0.25) is 9.48 Å². The molecule has 3 N–H and O–H groups in total. The zero-order valence-corrected chi connectivity index (χ0v) is 14.0. The fraction of sp³-hybridized carbons (Fsp3) is 0.688. The molecule has 0 spiro atoms. The summed E-state index contributed by atoms with van der Waals surface area (Å²) in [4.78, 5) is 24.3. The maximum absolute atomic E-state index is 12.3. The predicted molar refractivity (Wildman–Crippen MR) is 86.7 cm³/mol. The number of ether oxygens (including phenoxy) is 1. The SMILES string of the molecule is CCOC(=O)C(C)(C)n1cc(NC(=O)C2CCCC(N)C2)cn1. The van der Waals surface area contributed by atoms with Crippen molar-refractivity contribution in [2.24, 2.45) is 11.7 Å². The average molecular weight is 322 g/mol. The van der Waals surface area contributed by atoms with Crippen molar-refractivity contribution < 1.29 is 14.3 Å². The van der Waals surface area contributed by atoms with Crippen LogP contribution >= 0.6 is 0 Å². The van der Waals surface area contributed by atoms with Gasteiger partial charge in [0.2, 0.25) is 5.91 Å². The Morgan fingerprint density at radius 3 is 2.87 bits per heavy atom. The van der Waals surface area contributed by atoms with E-state index in [0.717, 1.165) is 19.3 Å². The van der Waals surface area contributed by atoms with Crippen LogP contribution in [0.5, 0.6) is 0 Å². The molecule has 1 aromatic heterocycles. The molecule has 0 aromatic carbocycles. The summed E-state index contributed by atoms with van der Waals surface area (Å²) in [5, 5.41) is 7.05. The van der Waals surface area contributed by atoms with Crippen molar-refractivity contribution in [3.63, 3.8) is 0 Å². The van der Waals surface area contributed by atoms with E-state index < -0.39 is 5.54 Å². The van der Waals surface area contributed by atoms with Gasteiger partial charge in [0.15, 0.2) is 5.54 Å². The number of nitrogens with zero attached hydrogens (tertiary/aromatic N) is 2. The van der Waals surface area contributed by atoms with Crippen LogP contribution in [0.3, 0.4) is 0 Å². The number of carbonyl (C=O) groups excluding carboxylic acids is 2. The van der Waals surface area contributed by atoms with E-state index in [-0.39, 0.29) is 23.8 Å². The van der Waals surface area contributed by atoms with Crippen LogP contribution in [-0.2, 0) is 19.9 Å². The second kappa shape index (κ2) is 7.12. The molecule has 2 atom stereocenters. The standard InChI is InChI=1S/C16H26N4O3/c1-4-23-15(22)16(2,3)20-10-13(9-18-20)19-14(21)11-6-5-7-12(17)8-11/h9-12H,4-8,17H2,1-3H3,(H,19,21). The average Bonchev–Trinajstić information content (AvgIpc) is 2.96. The van der Waals surface area contributed by atoms with Gasteiger partial charge in [-0.05, 0) is 40.0 Å². The number of rotatable bonds is 5. The second-order valence-electron chi connectivity index (χ2n) is 6.57. The fourth-order valence-corrected chi connectivity index (χ4v) is 2.80. The first-order valence-corrected chi connectivity index (χ1v) is 8.13. The van der Waals surface area contributed by atoms with E-state index in [1.807, 2.05) is 0 Å². The normalized spacial score (nSPS) is 21.7. The highest BCUT2D eigenvalue weighted by molar-refractivity contribution is 5.92. The van der Waals surface area contributed by atoms with Crippen molar-refractivity contribution in [1.82, 2.24) is 9.78 Å². The number of anilines is 1. The van der Waals surface area contributed by atoms with E-state index in [4.69, 9.17) is 10.5 Å². The molecule has 128 valence electrons. The number of carbonyl (C=O) groups is 2. The van der Waals surface area contributed by atoms with Gasteiger partial charge in [0, 0.05) is 18.2 Å². The van der Waals surface area contributed by atoms with E-state index in [9.17, 15) is 9.59 Å². The summed E-state index contributed by atoms with van der Waals surface area (Å²) < 4.78 is 6.56. The van der Waals surface area contributed by atoms with Crippen LogP contribution in [0.4, 0.5) is 5.69 Å². The van der Waals surface area contributed by atoms with Crippen LogP contribution in [0.25, 0.3) is 0 Å². The summed E-state index contributed by atoms with van der Waals surface area (Å²) >= 11 is 0. The maximum atomic E-state index is 12.3. The minimum atomic E-state index is -0.924. The van der Waals surface area contributed by atoms with Gasteiger partial charge in [-0.25, -0.2) is 4.79 Å². The monoisotopic (exact) mass is 322 g/mol. The van der Waals surface area contributed by atoms with Crippen LogP contribution in [0, 0.1) is 5.92 Å². The maximum Gasteiger partial charge on any atom is 0.333 e. The number of nitrogens with two attached hydrogens (primary N) is 1. The molecule has 1 heterocycles. The van der Waals surface area contributed by atoms with Crippen molar-refractivity contribution in [2.75, 3.05) is 11.9 Å². The van der Waals surface area contributed by atoms with Crippen molar-refractivity contribution in [3.8, 4) is 0 Å². The third-order valence-electron chi connectivity index (χ3n) is 4.28. The quantitative estimate of drug-likeness (QED) is 0.803. The Kier molecular flexibility index (Phi) is 5.41. The summed E-state index contributed by atoms with van der Waals surface area (Å²) in [6.07, 6.45) is 6.74. The van der Waals surface area contributed by atoms with Crippen molar-refractivity contribution in [1.29, 1.82) is 0 Å². The molecule has 1 aliphatic carbocycles. The molecular formula is C16H26N4O3. The lowest BCUT2D eigenvalue weighted by Crippen LogP contribution is -2.37. The highest BCUT2D eigenvalue weighted by Gasteiger charge is 2.32. The third kappa shape index (κ3) is 4.10. The zero-order chi connectivity index (χ0) is 17.0. The topological polar surface area (TPSA) is 99.2 Å². The molecular weight excluding hydrogens is 296 g/mol. The number of esters is 1. The molecule has 0 bridgehead atoms. The molecule has 0 aliphatic heterocycles. The number of hydrogen-bond acceptors (Lipinski definition) is 5. The minimum absolute atomic E-state index is 0.0337. The molecule has 1 saturated carbocycles. The lowest BCUT2D eigenvalue weighted by Gasteiger charge is -2.25. The van der Waals surface area contributed by atoms with E-state index in [2.05, 4.69) is 10.4 Å². The first kappa shape index (κ1) is 17.5. The lowest BCUT2D eigenvalue weighted by molar-refractivity contribution is -0.152. The van der Waals surface area contributed by atoms with Crippen LogP contribution in [-0.4, -0.2) is 34.3 Å². The van der Waals surface area contributed by atoms with E-state index in [1.165, 1.54) is 4.68 Å². The van der Waals surface area contributed by atoms with Crippen LogP contribution in [0.15, 0.2) is 12.4 Å². The Morgan fingerprint density at radius 2 is 2.22 bits per heavy atom. The van der Waals surface area contributed by atoms with Crippen LogP contribution < -0.4 is 11.1 Å². The number of nitrogens with one attached hydrogen (secondary N) is 1. The molecule has 23 heavy (non-hydrogen) atoms. The summed E-state index contributed by atoms with van der Waals surface area (Å²) in [5.74, 6) is -0.451. The fourth-order valence-electron chi connectivity index (χ4n) is 2.80. The molecule has 1 amide bonds. The molecule has 2 unspecified atom stereocenters. The van der Waals surface area contributed by atoms with Gasteiger partial charge in [0.1, 0.15) is 0 Å². The molecule has 1 aromatic rings. The largest absolute Gasteiger partial charge is 0.464 e. The zero-order valence-electron chi connectivity index (χ0n) is 14.0. The Labute approximate surface area is 136 Å². The first-order valence-electron chi connectivity index (χ1n) is 8.13. The molecule has 0 radical (unpaired) electrons. The summed E-state index contributed by atoms with van der Waals surface area (Å²) in [6.45, 7) is 5.53. The predicted octanol–water partition coefficient (Wildman–Crippen LogP) is 1.64.